The predicted octanol–water partition coefficient (Wildman–Crippen LogP) is 1.83. The third kappa shape index (κ3) is 4.37. The van der Waals surface area contributed by atoms with E-state index in [-0.39, 0.29) is 13.4 Å². The van der Waals surface area contributed by atoms with E-state index in [1.807, 2.05) is 0 Å². The van der Waals surface area contributed by atoms with Crippen LogP contribution in [0.25, 0.3) is 0 Å². The summed E-state index contributed by atoms with van der Waals surface area (Å²) in [4.78, 5) is 0. The first-order valence-corrected chi connectivity index (χ1v) is 5.24. The van der Waals surface area contributed by atoms with E-state index < -0.39 is 0 Å². The Morgan fingerprint density at radius 3 is 2.81 bits per heavy atom. The van der Waals surface area contributed by atoms with Crippen LogP contribution >= 0.6 is 11.6 Å². The molecule has 0 aliphatic rings. The summed E-state index contributed by atoms with van der Waals surface area (Å²) < 4.78 is 15.3. The number of ether oxygens (including phenoxy) is 3. The summed E-state index contributed by atoms with van der Waals surface area (Å²) in [5.74, 6) is 0.573. The minimum absolute atomic E-state index is 0.117. The van der Waals surface area contributed by atoms with E-state index in [0.717, 1.165) is 0 Å². The van der Waals surface area contributed by atoms with Crippen molar-refractivity contribution in [2.75, 3.05) is 27.1 Å². The fourth-order valence-electron chi connectivity index (χ4n) is 1.12. The molecule has 0 aromatic heterocycles. The van der Waals surface area contributed by atoms with Crippen LogP contribution in [0.4, 0.5) is 0 Å². The molecule has 0 aliphatic heterocycles. The number of hydrogen-bond donors (Lipinski definition) is 1. The molecule has 0 atom stereocenters. The average Bonchev–Trinajstić information content (AvgIpc) is 2.30. The highest BCUT2D eigenvalue weighted by Gasteiger charge is 2.03. The zero-order valence-electron chi connectivity index (χ0n) is 9.11. The van der Waals surface area contributed by atoms with Crippen LogP contribution < -0.4 is 4.74 Å². The van der Waals surface area contributed by atoms with Gasteiger partial charge in [0.05, 0.1) is 19.8 Å². The van der Waals surface area contributed by atoms with E-state index in [1.54, 1.807) is 25.3 Å². The van der Waals surface area contributed by atoms with Crippen molar-refractivity contribution in [1.29, 1.82) is 0 Å². The Kier molecular flexibility index (Phi) is 6.18. The van der Waals surface area contributed by atoms with E-state index >= 15 is 0 Å². The summed E-state index contributed by atoms with van der Waals surface area (Å²) in [6.45, 7) is 1.00. The number of rotatable bonds is 7. The van der Waals surface area contributed by atoms with E-state index in [4.69, 9.17) is 30.9 Å². The Labute approximate surface area is 99.7 Å². The predicted molar refractivity (Wildman–Crippen MR) is 60.7 cm³/mol. The second kappa shape index (κ2) is 7.46. The fourth-order valence-corrected chi connectivity index (χ4v) is 1.31. The SMILES string of the molecule is COCCOCOc1ccc(Cl)cc1CO. The van der Waals surface area contributed by atoms with Crippen molar-refractivity contribution in [1.82, 2.24) is 0 Å². The number of aliphatic hydroxyl groups is 1. The summed E-state index contributed by atoms with van der Waals surface area (Å²) in [6, 6.07) is 5.06. The number of hydrogen-bond acceptors (Lipinski definition) is 4. The van der Waals surface area contributed by atoms with E-state index in [0.29, 0.717) is 29.5 Å². The minimum Gasteiger partial charge on any atom is -0.467 e. The van der Waals surface area contributed by atoms with Crippen molar-refractivity contribution in [3.63, 3.8) is 0 Å². The lowest BCUT2D eigenvalue weighted by atomic mass is 10.2. The van der Waals surface area contributed by atoms with E-state index in [1.165, 1.54) is 0 Å². The Morgan fingerprint density at radius 2 is 2.12 bits per heavy atom. The van der Waals surface area contributed by atoms with Gasteiger partial charge in [-0.1, -0.05) is 11.6 Å². The Bertz CT molecular complexity index is 317. The van der Waals surface area contributed by atoms with Gasteiger partial charge in [-0.15, -0.1) is 0 Å². The van der Waals surface area contributed by atoms with Crippen molar-refractivity contribution in [2.24, 2.45) is 0 Å². The molecule has 1 aromatic rings. The molecule has 0 unspecified atom stereocenters. The highest BCUT2D eigenvalue weighted by molar-refractivity contribution is 6.30. The molecule has 0 spiro atoms. The largest absolute Gasteiger partial charge is 0.467 e. The van der Waals surface area contributed by atoms with Gasteiger partial charge in [-0.25, -0.2) is 0 Å². The molecule has 5 heteroatoms. The van der Waals surface area contributed by atoms with Gasteiger partial charge in [-0.3, -0.25) is 0 Å². The van der Waals surface area contributed by atoms with Crippen molar-refractivity contribution in [3.05, 3.63) is 28.8 Å². The summed E-state index contributed by atoms with van der Waals surface area (Å²) in [7, 11) is 1.60. The Hall–Kier alpha value is -0.810. The molecule has 1 N–H and O–H groups in total. The number of benzene rings is 1. The van der Waals surface area contributed by atoms with Gasteiger partial charge in [0.1, 0.15) is 5.75 Å². The molecule has 0 bridgehead atoms. The van der Waals surface area contributed by atoms with Gasteiger partial charge < -0.3 is 19.3 Å². The lowest BCUT2D eigenvalue weighted by Crippen LogP contribution is -2.08. The third-order valence-electron chi connectivity index (χ3n) is 1.92. The second-order valence-corrected chi connectivity index (χ2v) is 3.51. The maximum Gasteiger partial charge on any atom is 0.189 e. The lowest BCUT2D eigenvalue weighted by Gasteiger charge is -2.10. The number of methoxy groups -OCH3 is 1. The van der Waals surface area contributed by atoms with Crippen molar-refractivity contribution >= 4 is 11.6 Å². The highest BCUT2D eigenvalue weighted by atomic mass is 35.5. The van der Waals surface area contributed by atoms with Gasteiger partial charge in [0.2, 0.25) is 0 Å². The van der Waals surface area contributed by atoms with Gasteiger partial charge in [-0.2, -0.15) is 0 Å². The van der Waals surface area contributed by atoms with Crippen LogP contribution in [-0.2, 0) is 16.1 Å². The highest BCUT2D eigenvalue weighted by Crippen LogP contribution is 2.22. The lowest BCUT2D eigenvalue weighted by molar-refractivity contribution is -0.00926. The molecule has 0 saturated heterocycles. The third-order valence-corrected chi connectivity index (χ3v) is 2.16. The fraction of sp³-hybridized carbons (Fsp3) is 0.455. The van der Waals surface area contributed by atoms with Gasteiger partial charge in [-0.05, 0) is 18.2 Å². The molecule has 0 saturated carbocycles. The van der Waals surface area contributed by atoms with Gasteiger partial charge >= 0.3 is 0 Å². The molecule has 90 valence electrons. The van der Waals surface area contributed by atoms with Crippen LogP contribution in [0.1, 0.15) is 5.56 Å². The first-order chi connectivity index (χ1) is 7.77. The zero-order chi connectivity index (χ0) is 11.8. The monoisotopic (exact) mass is 246 g/mol. The number of halogens is 1. The first-order valence-electron chi connectivity index (χ1n) is 4.86. The van der Waals surface area contributed by atoms with Crippen LogP contribution in [0.15, 0.2) is 18.2 Å². The van der Waals surface area contributed by atoms with Gasteiger partial charge in [0.25, 0.3) is 0 Å². The van der Waals surface area contributed by atoms with Crippen molar-refractivity contribution in [3.8, 4) is 5.75 Å². The molecular weight excluding hydrogens is 232 g/mol. The molecule has 16 heavy (non-hydrogen) atoms. The summed E-state index contributed by atoms with van der Waals surface area (Å²) in [5, 5.41) is 9.65. The summed E-state index contributed by atoms with van der Waals surface area (Å²) >= 11 is 5.78. The molecule has 0 heterocycles. The normalized spacial score (nSPS) is 10.4. The molecular formula is C11H15ClO4. The van der Waals surface area contributed by atoms with Gasteiger partial charge in [0.15, 0.2) is 6.79 Å². The Morgan fingerprint density at radius 1 is 1.31 bits per heavy atom. The van der Waals surface area contributed by atoms with E-state index in [2.05, 4.69) is 0 Å². The zero-order valence-corrected chi connectivity index (χ0v) is 9.87. The summed E-state index contributed by atoms with van der Waals surface area (Å²) in [6.07, 6.45) is 0. The van der Waals surface area contributed by atoms with Crippen LogP contribution in [-0.4, -0.2) is 32.2 Å². The van der Waals surface area contributed by atoms with Gasteiger partial charge in [0, 0.05) is 17.7 Å². The van der Waals surface area contributed by atoms with Crippen molar-refractivity contribution < 1.29 is 19.3 Å². The van der Waals surface area contributed by atoms with Crippen LogP contribution in [0.2, 0.25) is 5.02 Å². The second-order valence-electron chi connectivity index (χ2n) is 3.07. The van der Waals surface area contributed by atoms with Crippen LogP contribution in [0.3, 0.4) is 0 Å². The van der Waals surface area contributed by atoms with Crippen molar-refractivity contribution in [2.45, 2.75) is 6.61 Å². The molecule has 0 amide bonds. The molecule has 0 aliphatic carbocycles. The number of aliphatic hydroxyl groups excluding tert-OH is 1. The average molecular weight is 247 g/mol. The summed E-state index contributed by atoms with van der Waals surface area (Å²) in [5.41, 5.74) is 0.642. The Balaban J connectivity index is 2.41. The molecule has 4 nitrogen and oxygen atoms in total. The first kappa shape index (κ1) is 13.3. The molecule has 1 aromatic carbocycles. The van der Waals surface area contributed by atoms with Crippen LogP contribution in [0, 0.1) is 0 Å². The molecule has 0 radical (unpaired) electrons. The molecule has 1 rings (SSSR count). The minimum atomic E-state index is -0.117. The standard InChI is InChI=1S/C11H15ClO4/c1-14-4-5-15-8-16-11-3-2-10(12)6-9(11)7-13/h2-3,6,13H,4-5,7-8H2,1H3. The van der Waals surface area contributed by atoms with E-state index in [9.17, 15) is 0 Å². The topological polar surface area (TPSA) is 47.9 Å². The smallest absolute Gasteiger partial charge is 0.189 e. The quantitative estimate of drug-likeness (QED) is 0.589. The van der Waals surface area contributed by atoms with Crippen LogP contribution in [0.5, 0.6) is 5.75 Å². The molecule has 0 fully saturated rings. The maximum atomic E-state index is 9.08. The maximum absolute atomic E-state index is 9.08.